The number of aromatic nitrogens is 2. The van der Waals surface area contributed by atoms with Gasteiger partial charge in [-0.2, -0.15) is 0 Å². The van der Waals surface area contributed by atoms with E-state index in [9.17, 15) is 4.79 Å². The Morgan fingerprint density at radius 3 is 2.54 bits per heavy atom. The summed E-state index contributed by atoms with van der Waals surface area (Å²) in [7, 11) is 1.64. The van der Waals surface area contributed by atoms with Crippen LogP contribution < -0.4 is 10.1 Å². The lowest BCUT2D eigenvalue weighted by atomic mass is 10.1. The first-order valence-corrected chi connectivity index (χ1v) is 9.20. The van der Waals surface area contributed by atoms with Crippen LogP contribution in [0, 0.1) is 0 Å². The number of para-hydroxylation sites is 3. The molecular formula is C23H21N3O2. The van der Waals surface area contributed by atoms with Crippen LogP contribution in [0.2, 0.25) is 0 Å². The third kappa shape index (κ3) is 3.88. The van der Waals surface area contributed by atoms with E-state index >= 15 is 0 Å². The van der Waals surface area contributed by atoms with Crippen LogP contribution in [0.15, 0.2) is 72.8 Å². The Kier molecular flexibility index (Phi) is 5.06. The molecule has 1 heterocycles. The quantitative estimate of drug-likeness (QED) is 0.511. The first-order valence-electron chi connectivity index (χ1n) is 9.20. The molecule has 0 unspecified atom stereocenters. The lowest BCUT2D eigenvalue weighted by molar-refractivity contribution is -0.116. The van der Waals surface area contributed by atoms with Crippen molar-refractivity contribution >= 4 is 22.6 Å². The molecule has 5 heteroatoms. The molecule has 0 bridgehead atoms. The Balaban J connectivity index is 1.39. The van der Waals surface area contributed by atoms with Gasteiger partial charge >= 0.3 is 0 Å². The number of carbonyl (C=O) groups is 1. The molecule has 3 aromatic carbocycles. The topological polar surface area (TPSA) is 67.0 Å². The Bertz CT molecular complexity index is 1070. The van der Waals surface area contributed by atoms with Gasteiger partial charge in [0.25, 0.3) is 0 Å². The fourth-order valence-electron chi connectivity index (χ4n) is 3.18. The number of benzene rings is 3. The summed E-state index contributed by atoms with van der Waals surface area (Å²) in [5.41, 5.74) is 4.71. The second-order valence-corrected chi connectivity index (χ2v) is 6.54. The summed E-state index contributed by atoms with van der Waals surface area (Å²) in [6.07, 6.45) is 1.03. The average molecular weight is 371 g/mol. The van der Waals surface area contributed by atoms with Crippen LogP contribution in [0.25, 0.3) is 22.4 Å². The predicted molar refractivity (Wildman–Crippen MR) is 111 cm³/mol. The van der Waals surface area contributed by atoms with Crippen molar-refractivity contribution in [3.05, 3.63) is 78.4 Å². The number of hydrogen-bond donors (Lipinski definition) is 2. The SMILES string of the molecule is COc1ccccc1CCC(=O)Nc1ccc(-c2nc3ccccc3[nH]2)cc1. The normalized spacial score (nSPS) is 10.8. The highest BCUT2D eigenvalue weighted by molar-refractivity contribution is 5.91. The van der Waals surface area contributed by atoms with Gasteiger partial charge in [-0.3, -0.25) is 4.79 Å². The average Bonchev–Trinajstić information content (AvgIpc) is 3.17. The molecule has 0 saturated carbocycles. The first-order chi connectivity index (χ1) is 13.7. The number of rotatable bonds is 6. The van der Waals surface area contributed by atoms with E-state index in [-0.39, 0.29) is 5.91 Å². The van der Waals surface area contributed by atoms with Crippen LogP contribution in [0.4, 0.5) is 5.69 Å². The molecule has 28 heavy (non-hydrogen) atoms. The highest BCUT2D eigenvalue weighted by atomic mass is 16.5. The minimum atomic E-state index is -0.0256. The van der Waals surface area contributed by atoms with Gasteiger partial charge in [0, 0.05) is 17.7 Å². The van der Waals surface area contributed by atoms with Gasteiger partial charge in [-0.1, -0.05) is 30.3 Å². The lowest BCUT2D eigenvalue weighted by Crippen LogP contribution is -2.12. The third-order valence-electron chi connectivity index (χ3n) is 4.65. The molecule has 1 aromatic heterocycles. The van der Waals surface area contributed by atoms with Crippen LogP contribution in [-0.2, 0) is 11.2 Å². The zero-order valence-corrected chi connectivity index (χ0v) is 15.6. The fourth-order valence-corrected chi connectivity index (χ4v) is 3.18. The zero-order chi connectivity index (χ0) is 19.3. The predicted octanol–water partition coefficient (Wildman–Crippen LogP) is 4.81. The van der Waals surface area contributed by atoms with Crippen molar-refractivity contribution in [2.75, 3.05) is 12.4 Å². The molecule has 1 amide bonds. The number of anilines is 1. The number of hydrogen-bond acceptors (Lipinski definition) is 3. The Morgan fingerprint density at radius 2 is 1.75 bits per heavy atom. The number of H-pyrrole nitrogens is 1. The molecule has 5 nitrogen and oxygen atoms in total. The summed E-state index contributed by atoms with van der Waals surface area (Å²) in [5.74, 6) is 1.60. The molecule has 4 rings (SSSR count). The van der Waals surface area contributed by atoms with E-state index in [2.05, 4.69) is 15.3 Å². The second kappa shape index (κ2) is 7.96. The molecule has 0 fully saturated rings. The van der Waals surface area contributed by atoms with Crippen LogP contribution in [-0.4, -0.2) is 23.0 Å². The molecule has 0 radical (unpaired) electrons. The van der Waals surface area contributed by atoms with Gasteiger partial charge in [0.15, 0.2) is 0 Å². The maximum absolute atomic E-state index is 12.3. The highest BCUT2D eigenvalue weighted by Gasteiger charge is 2.08. The van der Waals surface area contributed by atoms with Crippen LogP contribution in [0.1, 0.15) is 12.0 Å². The Hall–Kier alpha value is -3.60. The van der Waals surface area contributed by atoms with E-state index in [1.807, 2.05) is 72.8 Å². The maximum Gasteiger partial charge on any atom is 0.224 e. The first kappa shape index (κ1) is 17.8. The van der Waals surface area contributed by atoms with E-state index in [1.54, 1.807) is 7.11 Å². The number of ether oxygens (including phenoxy) is 1. The van der Waals surface area contributed by atoms with Gasteiger partial charge in [0.1, 0.15) is 11.6 Å². The zero-order valence-electron chi connectivity index (χ0n) is 15.6. The maximum atomic E-state index is 12.3. The molecule has 0 atom stereocenters. The largest absolute Gasteiger partial charge is 0.496 e. The molecule has 0 aliphatic rings. The van der Waals surface area contributed by atoms with Crippen molar-refractivity contribution in [1.29, 1.82) is 0 Å². The monoisotopic (exact) mass is 371 g/mol. The van der Waals surface area contributed by atoms with E-state index in [0.29, 0.717) is 12.8 Å². The van der Waals surface area contributed by atoms with E-state index in [4.69, 9.17) is 4.74 Å². The number of carbonyl (C=O) groups excluding carboxylic acids is 1. The summed E-state index contributed by atoms with van der Waals surface area (Å²) in [6, 6.07) is 23.4. The highest BCUT2D eigenvalue weighted by Crippen LogP contribution is 2.23. The summed E-state index contributed by atoms with van der Waals surface area (Å²) in [4.78, 5) is 20.2. The van der Waals surface area contributed by atoms with Crippen molar-refractivity contribution < 1.29 is 9.53 Å². The van der Waals surface area contributed by atoms with E-state index in [0.717, 1.165) is 39.4 Å². The van der Waals surface area contributed by atoms with Gasteiger partial charge in [0.05, 0.1) is 18.1 Å². The molecule has 4 aromatic rings. The van der Waals surface area contributed by atoms with E-state index < -0.39 is 0 Å². The molecule has 2 N–H and O–H groups in total. The van der Waals surface area contributed by atoms with Gasteiger partial charge in [-0.05, 0) is 54.4 Å². The molecule has 140 valence electrons. The minimum absolute atomic E-state index is 0.0256. The number of fused-ring (bicyclic) bond motifs is 1. The second-order valence-electron chi connectivity index (χ2n) is 6.54. The minimum Gasteiger partial charge on any atom is -0.496 e. The van der Waals surface area contributed by atoms with Crippen molar-refractivity contribution in [3.8, 4) is 17.1 Å². The molecule has 0 spiro atoms. The number of aromatic amines is 1. The summed E-state index contributed by atoms with van der Waals surface area (Å²) < 4.78 is 5.33. The standard InChI is InChI=1S/C23H21N3O2/c1-28-21-9-5-2-6-16(21)12-15-22(27)24-18-13-10-17(11-14-18)23-25-19-7-3-4-8-20(19)26-23/h2-11,13-14H,12,15H2,1H3,(H,24,27)(H,25,26). The smallest absolute Gasteiger partial charge is 0.224 e. The summed E-state index contributed by atoms with van der Waals surface area (Å²) in [6.45, 7) is 0. The fraction of sp³-hybridized carbons (Fsp3) is 0.130. The van der Waals surface area contributed by atoms with Crippen LogP contribution >= 0.6 is 0 Å². The Morgan fingerprint density at radius 1 is 1.00 bits per heavy atom. The van der Waals surface area contributed by atoms with Gasteiger partial charge < -0.3 is 15.0 Å². The number of amides is 1. The van der Waals surface area contributed by atoms with Crippen molar-refractivity contribution in [2.24, 2.45) is 0 Å². The lowest BCUT2D eigenvalue weighted by Gasteiger charge is -2.09. The number of nitrogens with zero attached hydrogens (tertiary/aromatic N) is 1. The van der Waals surface area contributed by atoms with Crippen molar-refractivity contribution in [1.82, 2.24) is 9.97 Å². The number of imidazole rings is 1. The van der Waals surface area contributed by atoms with Crippen LogP contribution in [0.5, 0.6) is 5.75 Å². The number of nitrogens with one attached hydrogen (secondary N) is 2. The molecule has 0 aliphatic heterocycles. The summed E-state index contributed by atoms with van der Waals surface area (Å²) in [5, 5.41) is 2.94. The van der Waals surface area contributed by atoms with Crippen LogP contribution in [0.3, 0.4) is 0 Å². The van der Waals surface area contributed by atoms with Gasteiger partial charge in [0.2, 0.25) is 5.91 Å². The number of aryl methyl sites for hydroxylation is 1. The van der Waals surface area contributed by atoms with Crippen molar-refractivity contribution in [3.63, 3.8) is 0 Å². The molecule has 0 saturated heterocycles. The molecule has 0 aliphatic carbocycles. The summed E-state index contributed by atoms with van der Waals surface area (Å²) >= 11 is 0. The van der Waals surface area contributed by atoms with E-state index in [1.165, 1.54) is 0 Å². The third-order valence-corrected chi connectivity index (χ3v) is 4.65. The Labute approximate surface area is 163 Å². The number of methoxy groups -OCH3 is 1. The molecular weight excluding hydrogens is 350 g/mol. The van der Waals surface area contributed by atoms with Crippen molar-refractivity contribution in [2.45, 2.75) is 12.8 Å². The van der Waals surface area contributed by atoms with Gasteiger partial charge in [-0.15, -0.1) is 0 Å². The van der Waals surface area contributed by atoms with Gasteiger partial charge in [-0.25, -0.2) is 4.98 Å².